The van der Waals surface area contributed by atoms with Crippen molar-refractivity contribution >= 4 is 6.08 Å². The van der Waals surface area contributed by atoms with Gasteiger partial charge in [0.15, 0.2) is 5.82 Å². The summed E-state index contributed by atoms with van der Waals surface area (Å²) in [6, 6.07) is 0. The minimum absolute atomic E-state index is 0.537. The molecule has 0 aromatic carbocycles. The molecule has 2 unspecified atom stereocenters. The van der Waals surface area contributed by atoms with E-state index in [0.29, 0.717) is 11.8 Å². The van der Waals surface area contributed by atoms with Gasteiger partial charge in [-0.3, -0.25) is 4.98 Å². The SMILES string of the molecule is CC=Cc1c(C)nc(-c2cncc(C)c2C)nc1C1CCCC1C. The van der Waals surface area contributed by atoms with Crippen molar-refractivity contribution in [2.75, 3.05) is 0 Å². The number of nitrogens with zero attached hydrogens (tertiary/aromatic N) is 3. The summed E-state index contributed by atoms with van der Waals surface area (Å²) >= 11 is 0. The zero-order valence-electron chi connectivity index (χ0n) is 15.4. The van der Waals surface area contributed by atoms with E-state index in [-0.39, 0.29) is 0 Å². The Hall–Kier alpha value is -2.03. The number of aryl methyl sites for hydroxylation is 2. The van der Waals surface area contributed by atoms with Crippen molar-refractivity contribution in [1.29, 1.82) is 0 Å². The number of rotatable bonds is 3. The van der Waals surface area contributed by atoms with E-state index in [4.69, 9.17) is 9.97 Å². The first kappa shape index (κ1) is 16.8. The second-order valence-electron chi connectivity index (χ2n) is 7.08. The summed E-state index contributed by atoms with van der Waals surface area (Å²) in [5.41, 5.74) is 6.94. The minimum Gasteiger partial charge on any atom is -0.264 e. The van der Waals surface area contributed by atoms with Crippen LogP contribution in [0.1, 0.15) is 67.1 Å². The van der Waals surface area contributed by atoms with Crippen molar-refractivity contribution in [3.63, 3.8) is 0 Å². The lowest BCUT2D eigenvalue weighted by Crippen LogP contribution is -2.11. The molecular formula is C21H27N3. The largest absolute Gasteiger partial charge is 0.264 e. The lowest BCUT2D eigenvalue weighted by Gasteiger charge is -2.20. The van der Waals surface area contributed by atoms with Gasteiger partial charge >= 0.3 is 0 Å². The average molecular weight is 321 g/mol. The molecule has 0 N–H and O–H groups in total. The van der Waals surface area contributed by atoms with Gasteiger partial charge in [-0.2, -0.15) is 0 Å². The Balaban J connectivity index is 2.19. The predicted octanol–water partition coefficient (Wildman–Crippen LogP) is 5.40. The fourth-order valence-electron chi connectivity index (χ4n) is 3.79. The molecule has 1 aliphatic carbocycles. The lowest BCUT2D eigenvalue weighted by molar-refractivity contribution is 0.520. The van der Waals surface area contributed by atoms with Gasteiger partial charge in [0.05, 0.1) is 5.69 Å². The maximum absolute atomic E-state index is 5.05. The Morgan fingerprint density at radius 1 is 1.08 bits per heavy atom. The summed E-state index contributed by atoms with van der Waals surface area (Å²) in [4.78, 5) is 14.2. The maximum Gasteiger partial charge on any atom is 0.161 e. The summed E-state index contributed by atoms with van der Waals surface area (Å²) in [6.07, 6.45) is 11.9. The van der Waals surface area contributed by atoms with E-state index in [1.807, 2.05) is 12.4 Å². The molecule has 1 aliphatic rings. The van der Waals surface area contributed by atoms with Gasteiger partial charge in [0.2, 0.25) is 0 Å². The zero-order chi connectivity index (χ0) is 17.3. The molecule has 2 atom stereocenters. The van der Waals surface area contributed by atoms with Crippen LogP contribution in [0.2, 0.25) is 0 Å². The molecule has 1 saturated carbocycles. The van der Waals surface area contributed by atoms with Crippen molar-refractivity contribution in [1.82, 2.24) is 15.0 Å². The predicted molar refractivity (Wildman–Crippen MR) is 99.9 cm³/mol. The molecule has 0 aliphatic heterocycles. The highest BCUT2D eigenvalue weighted by Gasteiger charge is 2.29. The standard InChI is InChI=1S/C21H27N3/c1-6-8-18-16(5)23-21(19-12-22-11-14(3)15(19)4)24-20(18)17-10-7-9-13(17)2/h6,8,11-13,17H,7,9-10H2,1-5H3. The second-order valence-corrected chi connectivity index (χ2v) is 7.08. The molecule has 3 rings (SSSR count). The summed E-state index contributed by atoms with van der Waals surface area (Å²) in [5.74, 6) is 2.05. The van der Waals surface area contributed by atoms with E-state index in [1.54, 1.807) is 0 Å². The van der Waals surface area contributed by atoms with Gasteiger partial charge in [0.25, 0.3) is 0 Å². The van der Waals surface area contributed by atoms with Crippen molar-refractivity contribution in [2.24, 2.45) is 5.92 Å². The highest BCUT2D eigenvalue weighted by atomic mass is 14.9. The van der Waals surface area contributed by atoms with Crippen LogP contribution in [-0.4, -0.2) is 15.0 Å². The number of hydrogen-bond donors (Lipinski definition) is 0. The fraction of sp³-hybridized carbons (Fsp3) is 0.476. The molecule has 3 heteroatoms. The summed E-state index contributed by atoms with van der Waals surface area (Å²) in [5, 5.41) is 0. The summed E-state index contributed by atoms with van der Waals surface area (Å²) < 4.78 is 0. The highest BCUT2D eigenvalue weighted by molar-refractivity contribution is 5.64. The molecule has 0 radical (unpaired) electrons. The van der Waals surface area contributed by atoms with Gasteiger partial charge in [0.1, 0.15) is 0 Å². The van der Waals surface area contributed by atoms with Crippen molar-refractivity contribution in [3.05, 3.63) is 46.5 Å². The van der Waals surface area contributed by atoms with Gasteiger partial charge in [-0.05, 0) is 51.2 Å². The van der Waals surface area contributed by atoms with E-state index in [9.17, 15) is 0 Å². The number of pyridine rings is 1. The summed E-state index contributed by atoms with van der Waals surface area (Å²) in [7, 11) is 0. The van der Waals surface area contributed by atoms with Crippen LogP contribution in [0, 0.1) is 26.7 Å². The van der Waals surface area contributed by atoms with E-state index in [1.165, 1.54) is 41.6 Å². The van der Waals surface area contributed by atoms with Gasteiger partial charge in [-0.1, -0.05) is 31.9 Å². The number of hydrogen-bond acceptors (Lipinski definition) is 3. The number of allylic oxidation sites excluding steroid dienone is 1. The molecular weight excluding hydrogens is 294 g/mol. The normalized spacial score (nSPS) is 20.9. The van der Waals surface area contributed by atoms with Crippen molar-refractivity contribution in [3.8, 4) is 11.4 Å². The Kier molecular flexibility index (Phi) is 4.79. The summed E-state index contributed by atoms with van der Waals surface area (Å²) in [6.45, 7) is 10.7. The van der Waals surface area contributed by atoms with Crippen LogP contribution in [-0.2, 0) is 0 Å². The zero-order valence-corrected chi connectivity index (χ0v) is 15.4. The van der Waals surface area contributed by atoms with E-state index < -0.39 is 0 Å². The molecule has 24 heavy (non-hydrogen) atoms. The Bertz CT molecular complexity index is 777. The Labute approximate surface area is 145 Å². The average Bonchev–Trinajstić information content (AvgIpc) is 2.98. The smallest absolute Gasteiger partial charge is 0.161 e. The molecule has 126 valence electrons. The molecule has 0 spiro atoms. The van der Waals surface area contributed by atoms with Crippen molar-refractivity contribution in [2.45, 2.75) is 59.8 Å². The topological polar surface area (TPSA) is 38.7 Å². The van der Waals surface area contributed by atoms with Gasteiger partial charge in [-0.25, -0.2) is 9.97 Å². The monoisotopic (exact) mass is 321 g/mol. The van der Waals surface area contributed by atoms with Gasteiger partial charge < -0.3 is 0 Å². The molecule has 2 heterocycles. The lowest BCUT2D eigenvalue weighted by atomic mass is 9.90. The Morgan fingerprint density at radius 2 is 1.88 bits per heavy atom. The quantitative estimate of drug-likeness (QED) is 0.759. The van der Waals surface area contributed by atoms with Crippen LogP contribution in [0.15, 0.2) is 18.5 Å². The van der Waals surface area contributed by atoms with Gasteiger partial charge in [-0.15, -0.1) is 0 Å². The van der Waals surface area contributed by atoms with Crippen molar-refractivity contribution < 1.29 is 0 Å². The van der Waals surface area contributed by atoms with Crippen LogP contribution < -0.4 is 0 Å². The third-order valence-corrected chi connectivity index (χ3v) is 5.42. The molecule has 3 nitrogen and oxygen atoms in total. The first-order valence-corrected chi connectivity index (χ1v) is 8.95. The maximum atomic E-state index is 5.05. The van der Waals surface area contributed by atoms with Crippen LogP contribution in [0.5, 0.6) is 0 Å². The van der Waals surface area contributed by atoms with Crippen LogP contribution in [0.3, 0.4) is 0 Å². The molecule has 0 bridgehead atoms. The molecule has 2 aromatic rings. The van der Waals surface area contributed by atoms with Gasteiger partial charge in [0, 0.05) is 35.1 Å². The molecule has 2 aromatic heterocycles. The van der Waals surface area contributed by atoms with E-state index in [0.717, 1.165) is 17.1 Å². The molecule has 1 fully saturated rings. The Morgan fingerprint density at radius 3 is 2.54 bits per heavy atom. The molecule has 0 saturated heterocycles. The third-order valence-electron chi connectivity index (χ3n) is 5.42. The highest BCUT2D eigenvalue weighted by Crippen LogP contribution is 2.41. The van der Waals surface area contributed by atoms with Crippen LogP contribution in [0.25, 0.3) is 17.5 Å². The number of aromatic nitrogens is 3. The first-order valence-electron chi connectivity index (χ1n) is 8.95. The van der Waals surface area contributed by atoms with E-state index >= 15 is 0 Å². The fourth-order valence-corrected chi connectivity index (χ4v) is 3.79. The molecule has 0 amide bonds. The van der Waals surface area contributed by atoms with Crippen LogP contribution >= 0.6 is 0 Å². The minimum atomic E-state index is 0.537. The first-order chi connectivity index (χ1) is 11.5. The van der Waals surface area contributed by atoms with Crippen LogP contribution in [0.4, 0.5) is 0 Å². The van der Waals surface area contributed by atoms with E-state index in [2.05, 4.69) is 51.8 Å². The third kappa shape index (κ3) is 3.00. The second kappa shape index (κ2) is 6.84.